The smallest absolute Gasteiger partial charge is 0.496 e. The van der Waals surface area contributed by atoms with Crippen molar-refractivity contribution in [2.24, 2.45) is 0 Å². The molecular weight excluding hydrogens is 445 g/mol. The average molecular weight is 461 g/mol. The van der Waals surface area contributed by atoms with E-state index in [1.54, 1.807) is 18.2 Å². The van der Waals surface area contributed by atoms with Gasteiger partial charge >= 0.3 is 6.36 Å². The van der Waals surface area contributed by atoms with Gasteiger partial charge in [-0.05, 0) is 58.4 Å². The topological polar surface area (TPSA) is 67.9 Å². The molecule has 0 aliphatic heterocycles. The zero-order valence-electron chi connectivity index (χ0n) is 14.8. The fourth-order valence-electron chi connectivity index (χ4n) is 2.25. The Bertz CT molecular complexity index is 857. The summed E-state index contributed by atoms with van der Waals surface area (Å²) in [5, 5.41) is 2.50. The van der Waals surface area contributed by atoms with Gasteiger partial charge in [-0.15, -0.1) is 13.2 Å². The quantitative estimate of drug-likeness (QED) is 0.705. The van der Waals surface area contributed by atoms with Crippen molar-refractivity contribution in [2.75, 3.05) is 26.0 Å². The van der Waals surface area contributed by atoms with Crippen LogP contribution in [0.4, 0.5) is 18.9 Å². The molecule has 6 nitrogen and oxygen atoms in total. The van der Waals surface area contributed by atoms with Gasteiger partial charge in [0.25, 0.3) is 5.91 Å². The van der Waals surface area contributed by atoms with Crippen LogP contribution in [0.1, 0.15) is 10.4 Å². The summed E-state index contributed by atoms with van der Waals surface area (Å²) < 4.78 is 45.9. The summed E-state index contributed by atoms with van der Waals surface area (Å²) in [6.45, 7) is -0.247. The Labute approximate surface area is 167 Å². The molecule has 0 bridgehead atoms. The summed E-state index contributed by atoms with van der Waals surface area (Å²) in [5.41, 5.74) is 0.629. The van der Waals surface area contributed by atoms with E-state index in [4.69, 9.17) is 4.74 Å². The molecule has 0 atom stereocenters. The Morgan fingerprint density at radius 2 is 1.79 bits per heavy atom. The lowest BCUT2D eigenvalue weighted by Crippen LogP contribution is -2.34. The molecule has 10 heteroatoms. The van der Waals surface area contributed by atoms with Gasteiger partial charge in [0, 0.05) is 18.3 Å². The highest BCUT2D eigenvalue weighted by atomic mass is 79.9. The molecule has 0 heterocycles. The normalized spacial score (nSPS) is 10.9. The number of hydrogen-bond acceptors (Lipinski definition) is 4. The minimum absolute atomic E-state index is 0.247. The van der Waals surface area contributed by atoms with Crippen molar-refractivity contribution in [2.45, 2.75) is 6.36 Å². The number of benzene rings is 2. The first-order valence-electron chi connectivity index (χ1n) is 7.83. The summed E-state index contributed by atoms with van der Waals surface area (Å²) in [6, 6.07) is 9.45. The molecular formula is C18H16BrF3N2O4. The van der Waals surface area contributed by atoms with Crippen LogP contribution in [0.3, 0.4) is 0 Å². The lowest BCUT2D eigenvalue weighted by molar-refractivity contribution is -0.274. The van der Waals surface area contributed by atoms with Gasteiger partial charge in [0.05, 0.1) is 18.1 Å². The molecule has 2 rings (SSSR count). The molecule has 150 valence electrons. The van der Waals surface area contributed by atoms with Crippen LogP contribution < -0.4 is 14.8 Å². The molecule has 0 fully saturated rings. The van der Waals surface area contributed by atoms with Crippen LogP contribution in [0, 0.1) is 0 Å². The molecule has 0 radical (unpaired) electrons. The van der Waals surface area contributed by atoms with Gasteiger partial charge in [-0.2, -0.15) is 0 Å². The Morgan fingerprint density at radius 1 is 1.14 bits per heavy atom. The van der Waals surface area contributed by atoms with E-state index in [0.29, 0.717) is 15.8 Å². The summed E-state index contributed by atoms with van der Waals surface area (Å²) in [6.07, 6.45) is -4.79. The molecule has 2 aromatic carbocycles. The molecule has 0 aromatic heterocycles. The third-order valence-corrected chi connectivity index (χ3v) is 4.12. The van der Waals surface area contributed by atoms with Crippen LogP contribution in [0.15, 0.2) is 46.9 Å². The summed E-state index contributed by atoms with van der Waals surface area (Å²) in [7, 11) is 2.96. The number of methoxy groups -OCH3 is 1. The number of rotatable bonds is 6. The van der Waals surface area contributed by atoms with E-state index >= 15 is 0 Å². The van der Waals surface area contributed by atoms with Gasteiger partial charge in [0.15, 0.2) is 0 Å². The van der Waals surface area contributed by atoms with Crippen LogP contribution in [0.2, 0.25) is 0 Å². The van der Waals surface area contributed by atoms with Crippen LogP contribution in [-0.4, -0.2) is 43.8 Å². The lowest BCUT2D eigenvalue weighted by atomic mass is 10.2. The zero-order chi connectivity index (χ0) is 20.9. The third kappa shape index (κ3) is 6.15. The van der Waals surface area contributed by atoms with Gasteiger partial charge in [-0.3, -0.25) is 9.59 Å². The molecule has 0 spiro atoms. The molecule has 0 saturated carbocycles. The molecule has 0 unspecified atom stereocenters. The van der Waals surface area contributed by atoms with Crippen molar-refractivity contribution >= 4 is 33.4 Å². The molecule has 0 aliphatic rings. The number of likely N-dealkylation sites (N-methyl/N-ethyl adjacent to an activating group) is 1. The number of halogens is 4. The summed E-state index contributed by atoms with van der Waals surface area (Å²) in [4.78, 5) is 25.7. The van der Waals surface area contributed by atoms with Crippen molar-refractivity contribution in [1.29, 1.82) is 0 Å². The predicted octanol–water partition coefficient (Wildman–Crippen LogP) is 4.07. The van der Waals surface area contributed by atoms with Gasteiger partial charge < -0.3 is 19.7 Å². The van der Waals surface area contributed by atoms with Crippen LogP contribution >= 0.6 is 15.9 Å². The van der Waals surface area contributed by atoms with Crippen molar-refractivity contribution in [1.82, 2.24) is 4.90 Å². The Kier molecular flexibility index (Phi) is 6.90. The highest BCUT2D eigenvalue weighted by molar-refractivity contribution is 9.10. The summed E-state index contributed by atoms with van der Waals surface area (Å²) in [5.74, 6) is -0.724. The fourth-order valence-corrected chi connectivity index (χ4v) is 2.79. The minimum Gasteiger partial charge on any atom is -0.496 e. The SMILES string of the molecule is COc1ccc(C(=O)N(C)CC(=O)Nc2ccc(OC(F)(F)F)cc2)cc1Br. The van der Waals surface area contributed by atoms with E-state index in [-0.39, 0.29) is 18.1 Å². The Balaban J connectivity index is 1.94. The number of nitrogens with one attached hydrogen (secondary N) is 1. The van der Waals surface area contributed by atoms with Crippen molar-refractivity contribution < 1.29 is 32.2 Å². The molecule has 2 aromatic rings. The van der Waals surface area contributed by atoms with Gasteiger partial charge in [-0.25, -0.2) is 0 Å². The number of carbonyl (C=O) groups excluding carboxylic acids is 2. The van der Waals surface area contributed by atoms with E-state index in [1.165, 1.54) is 31.2 Å². The lowest BCUT2D eigenvalue weighted by Gasteiger charge is -2.17. The highest BCUT2D eigenvalue weighted by Crippen LogP contribution is 2.26. The number of hydrogen-bond donors (Lipinski definition) is 1. The second kappa shape index (κ2) is 8.96. The molecule has 0 saturated heterocycles. The van der Waals surface area contributed by atoms with E-state index in [2.05, 4.69) is 26.0 Å². The minimum atomic E-state index is -4.79. The largest absolute Gasteiger partial charge is 0.573 e. The van der Waals surface area contributed by atoms with Crippen LogP contribution in [0.25, 0.3) is 0 Å². The maximum absolute atomic E-state index is 12.4. The van der Waals surface area contributed by atoms with E-state index in [1.807, 2.05) is 0 Å². The third-order valence-electron chi connectivity index (χ3n) is 3.50. The van der Waals surface area contributed by atoms with Crippen molar-refractivity contribution in [3.8, 4) is 11.5 Å². The standard InChI is InChI=1S/C18H16BrF3N2O4/c1-24(17(26)11-3-8-15(27-2)14(19)9-11)10-16(25)23-12-4-6-13(7-5-12)28-18(20,21)22/h3-9H,10H2,1-2H3,(H,23,25). The van der Waals surface area contributed by atoms with Gasteiger partial charge in [-0.1, -0.05) is 0 Å². The van der Waals surface area contributed by atoms with Crippen molar-refractivity contribution in [3.05, 3.63) is 52.5 Å². The first kappa shape index (κ1) is 21.5. The van der Waals surface area contributed by atoms with Crippen molar-refractivity contribution in [3.63, 3.8) is 0 Å². The van der Waals surface area contributed by atoms with Crippen LogP contribution in [-0.2, 0) is 4.79 Å². The second-order valence-electron chi connectivity index (χ2n) is 5.63. The predicted molar refractivity (Wildman–Crippen MR) is 99.4 cm³/mol. The maximum atomic E-state index is 12.4. The number of nitrogens with zero attached hydrogens (tertiary/aromatic N) is 1. The Hall–Kier alpha value is -2.75. The fraction of sp³-hybridized carbons (Fsp3) is 0.222. The number of alkyl halides is 3. The van der Waals surface area contributed by atoms with Gasteiger partial charge in [0.2, 0.25) is 5.91 Å². The Morgan fingerprint density at radius 3 is 2.32 bits per heavy atom. The first-order valence-corrected chi connectivity index (χ1v) is 8.63. The summed E-state index contributed by atoms with van der Waals surface area (Å²) >= 11 is 3.29. The zero-order valence-corrected chi connectivity index (χ0v) is 16.4. The number of carbonyl (C=O) groups is 2. The number of anilines is 1. The molecule has 28 heavy (non-hydrogen) atoms. The molecule has 1 N–H and O–H groups in total. The monoisotopic (exact) mass is 460 g/mol. The number of ether oxygens (including phenoxy) is 2. The second-order valence-corrected chi connectivity index (χ2v) is 6.49. The highest BCUT2D eigenvalue weighted by Gasteiger charge is 2.31. The maximum Gasteiger partial charge on any atom is 0.573 e. The number of amides is 2. The van der Waals surface area contributed by atoms with Crippen LogP contribution in [0.5, 0.6) is 11.5 Å². The average Bonchev–Trinajstić information content (AvgIpc) is 2.61. The van der Waals surface area contributed by atoms with E-state index in [0.717, 1.165) is 12.1 Å². The first-order chi connectivity index (χ1) is 13.1. The van der Waals surface area contributed by atoms with E-state index in [9.17, 15) is 22.8 Å². The molecule has 0 aliphatic carbocycles. The van der Waals surface area contributed by atoms with E-state index < -0.39 is 18.0 Å². The molecule has 2 amide bonds. The van der Waals surface area contributed by atoms with Gasteiger partial charge in [0.1, 0.15) is 11.5 Å².